The number of benzene rings is 2. The van der Waals surface area contributed by atoms with Crippen LogP contribution in [0.1, 0.15) is 28.3 Å². The molecular formula is C15H15Cl2N. The van der Waals surface area contributed by atoms with Crippen molar-refractivity contribution in [3.63, 3.8) is 0 Å². The maximum atomic E-state index is 6.31. The summed E-state index contributed by atoms with van der Waals surface area (Å²) in [5, 5.41) is 1.22. The molecule has 0 fully saturated rings. The number of halogens is 2. The van der Waals surface area contributed by atoms with E-state index in [4.69, 9.17) is 28.9 Å². The Hall–Kier alpha value is -1.02. The topological polar surface area (TPSA) is 26.0 Å². The molecule has 3 heteroatoms. The molecule has 94 valence electrons. The lowest BCUT2D eigenvalue weighted by atomic mass is 9.94. The van der Waals surface area contributed by atoms with Crippen molar-refractivity contribution in [2.45, 2.75) is 19.9 Å². The molecule has 2 aromatic carbocycles. The van der Waals surface area contributed by atoms with Crippen LogP contribution in [-0.4, -0.2) is 0 Å². The highest BCUT2D eigenvalue weighted by Gasteiger charge is 2.13. The third-order valence-electron chi connectivity index (χ3n) is 3.01. The van der Waals surface area contributed by atoms with Crippen LogP contribution in [0.15, 0.2) is 36.4 Å². The van der Waals surface area contributed by atoms with E-state index in [1.54, 1.807) is 6.07 Å². The largest absolute Gasteiger partial charge is 0.320 e. The van der Waals surface area contributed by atoms with Crippen LogP contribution in [0.2, 0.25) is 10.0 Å². The molecule has 0 amide bonds. The molecule has 1 nitrogen and oxygen atoms in total. The van der Waals surface area contributed by atoms with Gasteiger partial charge in [-0.25, -0.2) is 0 Å². The first-order valence-corrected chi connectivity index (χ1v) is 6.51. The number of hydrogen-bond acceptors (Lipinski definition) is 1. The summed E-state index contributed by atoms with van der Waals surface area (Å²) in [7, 11) is 0. The van der Waals surface area contributed by atoms with E-state index in [0.29, 0.717) is 10.0 Å². The summed E-state index contributed by atoms with van der Waals surface area (Å²) < 4.78 is 0. The molecule has 1 unspecified atom stereocenters. The van der Waals surface area contributed by atoms with E-state index in [1.807, 2.05) is 12.1 Å². The Bertz CT molecular complexity index is 558. The molecule has 0 bridgehead atoms. The Morgan fingerprint density at radius 1 is 0.944 bits per heavy atom. The summed E-state index contributed by atoms with van der Waals surface area (Å²) in [4.78, 5) is 0. The molecular weight excluding hydrogens is 265 g/mol. The van der Waals surface area contributed by atoms with Gasteiger partial charge in [-0.2, -0.15) is 0 Å². The van der Waals surface area contributed by atoms with E-state index in [-0.39, 0.29) is 6.04 Å². The molecule has 0 radical (unpaired) electrons. The van der Waals surface area contributed by atoms with Crippen LogP contribution in [-0.2, 0) is 0 Å². The molecule has 0 aliphatic heterocycles. The van der Waals surface area contributed by atoms with E-state index >= 15 is 0 Å². The van der Waals surface area contributed by atoms with Crippen LogP contribution in [0.4, 0.5) is 0 Å². The van der Waals surface area contributed by atoms with E-state index in [9.17, 15) is 0 Å². The van der Waals surface area contributed by atoms with Crippen molar-refractivity contribution in [2.24, 2.45) is 5.73 Å². The highest BCUT2D eigenvalue weighted by molar-refractivity contribution is 6.34. The first-order valence-electron chi connectivity index (χ1n) is 5.76. The van der Waals surface area contributed by atoms with Crippen molar-refractivity contribution in [1.29, 1.82) is 0 Å². The third kappa shape index (κ3) is 2.86. The fourth-order valence-corrected chi connectivity index (χ4v) is 2.57. The van der Waals surface area contributed by atoms with Crippen molar-refractivity contribution in [2.75, 3.05) is 0 Å². The molecule has 0 heterocycles. The zero-order valence-corrected chi connectivity index (χ0v) is 11.9. The summed E-state index contributed by atoms with van der Waals surface area (Å²) in [6, 6.07) is 11.5. The minimum absolute atomic E-state index is 0.207. The van der Waals surface area contributed by atoms with Gasteiger partial charge in [-0.3, -0.25) is 0 Å². The van der Waals surface area contributed by atoms with Gasteiger partial charge in [0.1, 0.15) is 0 Å². The molecule has 0 aliphatic rings. The number of hydrogen-bond donors (Lipinski definition) is 1. The quantitative estimate of drug-likeness (QED) is 0.850. The number of nitrogens with two attached hydrogens (primary N) is 1. The van der Waals surface area contributed by atoms with Gasteiger partial charge in [-0.1, -0.05) is 47.0 Å². The standard InChI is InChI=1S/C15H15Cl2N/c1-9-3-4-10(2)14(5-9)15(18)11-6-12(16)8-13(17)7-11/h3-8,15H,18H2,1-2H3. The molecule has 0 saturated heterocycles. The van der Waals surface area contributed by atoms with Crippen molar-refractivity contribution < 1.29 is 0 Å². The van der Waals surface area contributed by atoms with Crippen LogP contribution < -0.4 is 5.73 Å². The summed E-state index contributed by atoms with van der Waals surface area (Å²) in [5.74, 6) is 0. The lowest BCUT2D eigenvalue weighted by molar-refractivity contribution is 0.860. The van der Waals surface area contributed by atoms with Crippen molar-refractivity contribution in [3.8, 4) is 0 Å². The van der Waals surface area contributed by atoms with E-state index in [2.05, 4.69) is 32.0 Å². The van der Waals surface area contributed by atoms with Gasteiger partial charge in [0.25, 0.3) is 0 Å². The minimum Gasteiger partial charge on any atom is -0.320 e. The molecule has 0 spiro atoms. The van der Waals surface area contributed by atoms with Crippen LogP contribution in [0.3, 0.4) is 0 Å². The van der Waals surface area contributed by atoms with Gasteiger partial charge in [0, 0.05) is 10.0 Å². The van der Waals surface area contributed by atoms with Crippen molar-refractivity contribution in [1.82, 2.24) is 0 Å². The van der Waals surface area contributed by atoms with Crippen molar-refractivity contribution >= 4 is 23.2 Å². The lowest BCUT2D eigenvalue weighted by Gasteiger charge is -2.16. The van der Waals surface area contributed by atoms with E-state index < -0.39 is 0 Å². The highest BCUT2D eigenvalue weighted by atomic mass is 35.5. The normalized spacial score (nSPS) is 12.5. The molecule has 2 aromatic rings. The first kappa shape index (κ1) is 13.4. The molecule has 0 aromatic heterocycles. The number of aryl methyl sites for hydroxylation is 2. The van der Waals surface area contributed by atoms with Gasteiger partial charge >= 0.3 is 0 Å². The predicted molar refractivity (Wildman–Crippen MR) is 78.4 cm³/mol. The van der Waals surface area contributed by atoms with Gasteiger partial charge in [-0.15, -0.1) is 0 Å². The molecule has 0 aliphatic carbocycles. The Labute approximate surface area is 118 Å². The van der Waals surface area contributed by atoms with Crippen LogP contribution in [0.5, 0.6) is 0 Å². The Morgan fingerprint density at radius 2 is 1.56 bits per heavy atom. The fourth-order valence-electron chi connectivity index (χ4n) is 2.03. The first-order chi connectivity index (χ1) is 8.47. The molecule has 2 rings (SSSR count). The van der Waals surface area contributed by atoms with Crippen LogP contribution in [0, 0.1) is 13.8 Å². The van der Waals surface area contributed by atoms with Gasteiger partial charge in [0.15, 0.2) is 0 Å². The molecule has 18 heavy (non-hydrogen) atoms. The predicted octanol–water partition coefficient (Wildman–Crippen LogP) is 4.66. The second kappa shape index (κ2) is 5.31. The smallest absolute Gasteiger partial charge is 0.0555 e. The van der Waals surface area contributed by atoms with Gasteiger partial charge in [0.2, 0.25) is 0 Å². The summed E-state index contributed by atoms with van der Waals surface area (Å²) in [6.45, 7) is 4.11. The van der Waals surface area contributed by atoms with E-state index in [1.165, 1.54) is 11.1 Å². The minimum atomic E-state index is -0.207. The highest BCUT2D eigenvalue weighted by Crippen LogP contribution is 2.28. The van der Waals surface area contributed by atoms with E-state index in [0.717, 1.165) is 11.1 Å². The third-order valence-corrected chi connectivity index (χ3v) is 3.45. The maximum Gasteiger partial charge on any atom is 0.0555 e. The molecule has 2 N–H and O–H groups in total. The maximum absolute atomic E-state index is 6.31. The van der Waals surface area contributed by atoms with Gasteiger partial charge in [-0.05, 0) is 48.7 Å². The second-order valence-electron chi connectivity index (χ2n) is 4.54. The Morgan fingerprint density at radius 3 is 2.17 bits per heavy atom. The van der Waals surface area contributed by atoms with Gasteiger partial charge < -0.3 is 5.73 Å². The van der Waals surface area contributed by atoms with Gasteiger partial charge in [0.05, 0.1) is 6.04 Å². The Kier molecular flexibility index (Phi) is 3.96. The average molecular weight is 280 g/mol. The fraction of sp³-hybridized carbons (Fsp3) is 0.200. The summed E-state index contributed by atoms with van der Waals surface area (Å²) in [5.41, 5.74) is 10.7. The average Bonchev–Trinajstić information content (AvgIpc) is 2.30. The van der Waals surface area contributed by atoms with Crippen LogP contribution >= 0.6 is 23.2 Å². The molecule has 1 atom stereocenters. The zero-order valence-electron chi connectivity index (χ0n) is 10.4. The second-order valence-corrected chi connectivity index (χ2v) is 5.41. The lowest BCUT2D eigenvalue weighted by Crippen LogP contribution is -2.13. The molecule has 0 saturated carbocycles. The van der Waals surface area contributed by atoms with Crippen LogP contribution in [0.25, 0.3) is 0 Å². The SMILES string of the molecule is Cc1ccc(C)c(C(N)c2cc(Cl)cc(Cl)c2)c1. The number of rotatable bonds is 2. The summed E-state index contributed by atoms with van der Waals surface area (Å²) >= 11 is 12.0. The Balaban J connectivity index is 2.47. The summed E-state index contributed by atoms with van der Waals surface area (Å²) in [6.07, 6.45) is 0. The van der Waals surface area contributed by atoms with Crippen molar-refractivity contribution in [3.05, 3.63) is 68.7 Å². The monoisotopic (exact) mass is 279 g/mol. The zero-order chi connectivity index (χ0) is 13.3.